The smallest absolute Gasteiger partial charge is 0.273 e. The Morgan fingerprint density at radius 2 is 1.70 bits per heavy atom. The van der Waals surface area contributed by atoms with Crippen LogP contribution in [0.15, 0.2) is 89.7 Å². The van der Waals surface area contributed by atoms with E-state index in [1.54, 1.807) is 36.5 Å². The molecule has 2 aromatic carbocycles. The molecule has 1 aliphatic heterocycles. The number of hydrazine groups is 1. The number of carbonyl (C=O) groups excluding carboxylic acids is 2. The number of pyridine rings is 1. The van der Waals surface area contributed by atoms with E-state index in [0.29, 0.717) is 22.1 Å². The van der Waals surface area contributed by atoms with Crippen LogP contribution in [-0.4, -0.2) is 27.6 Å². The molecule has 2 heterocycles. The highest BCUT2D eigenvalue weighted by Gasteiger charge is 2.35. The van der Waals surface area contributed by atoms with Crippen LogP contribution in [0.2, 0.25) is 5.02 Å². The Morgan fingerprint density at radius 3 is 2.33 bits per heavy atom. The Labute approximate surface area is 197 Å². The molecule has 1 atom stereocenters. The van der Waals surface area contributed by atoms with Crippen LogP contribution in [-0.2, 0) is 9.59 Å². The highest BCUT2D eigenvalue weighted by Crippen LogP contribution is 2.27. The molecule has 6 nitrogen and oxygen atoms in total. The van der Waals surface area contributed by atoms with Crippen LogP contribution in [0.5, 0.6) is 0 Å². The summed E-state index contributed by atoms with van der Waals surface area (Å²) in [5, 5.41) is 1.82. The topological polar surface area (TPSA) is 74.7 Å². The first-order valence-electron chi connectivity index (χ1n) is 10.6. The lowest BCUT2D eigenvalue weighted by atomic mass is 9.88. The Balaban J connectivity index is 1.68. The van der Waals surface area contributed by atoms with Crippen LogP contribution in [0.3, 0.4) is 0 Å². The summed E-state index contributed by atoms with van der Waals surface area (Å²) in [4.78, 5) is 35.5. The van der Waals surface area contributed by atoms with E-state index in [-0.39, 0.29) is 17.5 Å². The first kappa shape index (κ1) is 22.4. The molecule has 0 aliphatic carbocycles. The summed E-state index contributed by atoms with van der Waals surface area (Å²) >= 11 is 6.02. The molecule has 1 N–H and O–H groups in total. The molecule has 0 unspecified atom stereocenters. The molecule has 7 heteroatoms. The zero-order valence-electron chi connectivity index (χ0n) is 18.3. The number of benzene rings is 2. The second-order valence-electron chi connectivity index (χ2n) is 7.98. The molecule has 0 saturated heterocycles. The van der Waals surface area contributed by atoms with Gasteiger partial charge in [0.25, 0.3) is 5.91 Å². The number of rotatable bonds is 6. The van der Waals surface area contributed by atoms with Crippen LogP contribution in [0.4, 0.5) is 0 Å². The SMILES string of the molecule is CC(C)[C@H](C(=O)NN1C(=O)C(=Cc2ccccn2)N=C1c1ccccc1)c1ccc(Cl)cc1. The van der Waals surface area contributed by atoms with Crippen LogP contribution >= 0.6 is 11.6 Å². The zero-order valence-corrected chi connectivity index (χ0v) is 19.0. The molecule has 0 bridgehead atoms. The fraction of sp³-hybridized carbons (Fsp3) is 0.154. The number of aromatic nitrogens is 1. The number of amides is 2. The van der Waals surface area contributed by atoms with Crippen LogP contribution in [0.25, 0.3) is 6.08 Å². The normalized spacial score (nSPS) is 15.6. The van der Waals surface area contributed by atoms with E-state index in [1.807, 2.05) is 62.4 Å². The van der Waals surface area contributed by atoms with E-state index in [0.717, 1.165) is 5.56 Å². The maximum absolute atomic E-state index is 13.4. The van der Waals surface area contributed by atoms with Gasteiger partial charge < -0.3 is 0 Å². The molecule has 3 aromatic rings. The molecular weight excluding hydrogens is 436 g/mol. The van der Waals surface area contributed by atoms with E-state index in [2.05, 4.69) is 15.4 Å². The van der Waals surface area contributed by atoms with Gasteiger partial charge in [-0.05, 0) is 41.8 Å². The van der Waals surface area contributed by atoms with Crippen molar-refractivity contribution in [1.82, 2.24) is 15.4 Å². The van der Waals surface area contributed by atoms with Crippen molar-refractivity contribution in [3.05, 3.63) is 107 Å². The van der Waals surface area contributed by atoms with Crippen LogP contribution in [0, 0.1) is 5.92 Å². The van der Waals surface area contributed by atoms with Crippen molar-refractivity contribution in [2.45, 2.75) is 19.8 Å². The number of nitrogens with zero attached hydrogens (tertiary/aromatic N) is 3. The standard InChI is InChI=1S/C26H23ClN4O2/c1-17(2)23(18-11-13-20(27)14-12-18)25(32)30-31-24(19-8-4-3-5-9-19)29-22(26(31)33)16-21-10-6-7-15-28-21/h3-17,23H,1-2H3,(H,30,32)/t23-/m0/s1. The van der Waals surface area contributed by atoms with Gasteiger partial charge in [0.1, 0.15) is 5.70 Å². The summed E-state index contributed by atoms with van der Waals surface area (Å²) in [6.07, 6.45) is 3.25. The largest absolute Gasteiger partial charge is 0.297 e. The minimum Gasteiger partial charge on any atom is -0.273 e. The van der Waals surface area contributed by atoms with Gasteiger partial charge in [0.2, 0.25) is 5.91 Å². The number of hydrogen-bond donors (Lipinski definition) is 1. The second kappa shape index (κ2) is 9.79. The predicted molar refractivity (Wildman–Crippen MR) is 129 cm³/mol. The zero-order chi connectivity index (χ0) is 23.4. The van der Waals surface area contributed by atoms with E-state index in [9.17, 15) is 9.59 Å². The molecule has 166 valence electrons. The minimum absolute atomic E-state index is 0.00970. The summed E-state index contributed by atoms with van der Waals surface area (Å²) in [5.41, 5.74) is 5.14. The Hall–Kier alpha value is -3.77. The summed E-state index contributed by atoms with van der Waals surface area (Å²) < 4.78 is 0. The Kier molecular flexibility index (Phi) is 6.66. The first-order valence-corrected chi connectivity index (χ1v) is 11.0. The Morgan fingerprint density at radius 1 is 1.00 bits per heavy atom. The fourth-order valence-electron chi connectivity index (χ4n) is 3.69. The number of halogens is 1. The molecule has 4 rings (SSSR count). The Bertz CT molecular complexity index is 1210. The van der Waals surface area contributed by atoms with E-state index in [4.69, 9.17) is 11.6 Å². The molecule has 0 fully saturated rings. The molecule has 2 amide bonds. The van der Waals surface area contributed by atoms with Gasteiger partial charge in [-0.2, -0.15) is 5.01 Å². The van der Waals surface area contributed by atoms with Gasteiger partial charge >= 0.3 is 0 Å². The van der Waals surface area contributed by atoms with Crippen molar-refractivity contribution in [3.8, 4) is 0 Å². The minimum atomic E-state index is -0.476. The van der Waals surface area contributed by atoms with E-state index < -0.39 is 11.8 Å². The van der Waals surface area contributed by atoms with Crippen molar-refractivity contribution >= 4 is 35.3 Å². The van der Waals surface area contributed by atoms with Crippen molar-refractivity contribution in [1.29, 1.82) is 0 Å². The highest BCUT2D eigenvalue weighted by atomic mass is 35.5. The van der Waals surface area contributed by atoms with E-state index in [1.165, 1.54) is 5.01 Å². The van der Waals surface area contributed by atoms with Gasteiger partial charge in [-0.15, -0.1) is 0 Å². The number of nitrogens with one attached hydrogen (secondary N) is 1. The van der Waals surface area contributed by atoms with Crippen molar-refractivity contribution in [2.24, 2.45) is 10.9 Å². The molecule has 1 aromatic heterocycles. The van der Waals surface area contributed by atoms with Gasteiger partial charge in [-0.25, -0.2) is 4.99 Å². The molecular formula is C26H23ClN4O2. The number of carbonyl (C=O) groups is 2. The quantitative estimate of drug-likeness (QED) is 0.537. The second-order valence-corrected chi connectivity index (χ2v) is 8.41. The third-order valence-corrected chi connectivity index (χ3v) is 5.52. The van der Waals surface area contributed by atoms with Gasteiger partial charge in [0, 0.05) is 16.8 Å². The molecule has 0 saturated carbocycles. The molecule has 0 spiro atoms. The number of hydrogen-bond acceptors (Lipinski definition) is 4. The van der Waals surface area contributed by atoms with Crippen molar-refractivity contribution < 1.29 is 9.59 Å². The lowest BCUT2D eigenvalue weighted by Gasteiger charge is -2.25. The maximum atomic E-state index is 13.4. The van der Waals surface area contributed by atoms with Gasteiger partial charge in [-0.3, -0.25) is 20.0 Å². The summed E-state index contributed by atoms with van der Waals surface area (Å²) in [6.45, 7) is 3.92. The average molecular weight is 459 g/mol. The number of aliphatic imine (C=N–C) groups is 1. The van der Waals surface area contributed by atoms with Crippen LogP contribution in [0.1, 0.15) is 36.6 Å². The highest BCUT2D eigenvalue weighted by molar-refractivity contribution is 6.30. The van der Waals surface area contributed by atoms with Gasteiger partial charge in [-0.1, -0.05) is 74.0 Å². The van der Waals surface area contributed by atoms with Gasteiger partial charge in [0.15, 0.2) is 5.84 Å². The van der Waals surface area contributed by atoms with Crippen molar-refractivity contribution in [3.63, 3.8) is 0 Å². The molecule has 0 radical (unpaired) electrons. The summed E-state index contributed by atoms with van der Waals surface area (Å²) in [5.74, 6) is -0.856. The maximum Gasteiger partial charge on any atom is 0.297 e. The molecule has 1 aliphatic rings. The summed E-state index contributed by atoms with van der Waals surface area (Å²) in [6, 6.07) is 21.9. The fourth-order valence-corrected chi connectivity index (χ4v) is 3.82. The van der Waals surface area contributed by atoms with Gasteiger partial charge in [0.05, 0.1) is 11.6 Å². The first-order chi connectivity index (χ1) is 15.9. The summed E-state index contributed by atoms with van der Waals surface area (Å²) in [7, 11) is 0. The lowest BCUT2D eigenvalue weighted by molar-refractivity contribution is -0.134. The lowest BCUT2D eigenvalue weighted by Crippen LogP contribution is -2.49. The monoisotopic (exact) mass is 458 g/mol. The predicted octanol–water partition coefficient (Wildman–Crippen LogP) is 4.84. The third kappa shape index (κ3) is 5.02. The van der Waals surface area contributed by atoms with E-state index >= 15 is 0 Å². The van der Waals surface area contributed by atoms with Crippen molar-refractivity contribution in [2.75, 3.05) is 0 Å². The molecule has 33 heavy (non-hydrogen) atoms. The average Bonchev–Trinajstić information content (AvgIpc) is 3.11. The van der Waals surface area contributed by atoms with Crippen LogP contribution < -0.4 is 5.43 Å². The number of amidine groups is 1. The third-order valence-electron chi connectivity index (χ3n) is 5.26.